The minimum absolute atomic E-state index is 0.0571. The van der Waals surface area contributed by atoms with Gasteiger partial charge in [0.25, 0.3) is 0 Å². The maximum atomic E-state index is 12.6. The zero-order valence-corrected chi connectivity index (χ0v) is 16.3. The lowest BCUT2D eigenvalue weighted by Gasteiger charge is -2.32. The van der Waals surface area contributed by atoms with Crippen molar-refractivity contribution in [1.29, 1.82) is 0 Å². The lowest BCUT2D eigenvalue weighted by atomic mass is 9.82. The molecule has 1 aromatic carbocycles. The molecule has 1 atom stereocenters. The lowest BCUT2D eigenvalue weighted by molar-refractivity contribution is -0.122. The molecule has 0 spiro atoms. The van der Waals surface area contributed by atoms with Crippen LogP contribution in [0.3, 0.4) is 0 Å². The summed E-state index contributed by atoms with van der Waals surface area (Å²) in [7, 11) is 0. The summed E-state index contributed by atoms with van der Waals surface area (Å²) in [6.45, 7) is 7.07. The molecule has 0 radical (unpaired) electrons. The fourth-order valence-electron chi connectivity index (χ4n) is 3.17. The van der Waals surface area contributed by atoms with E-state index in [2.05, 4.69) is 31.1 Å². The highest BCUT2D eigenvalue weighted by Crippen LogP contribution is 2.33. The molecule has 1 N–H and O–H groups in total. The van der Waals surface area contributed by atoms with Gasteiger partial charge in [-0.05, 0) is 17.4 Å². The van der Waals surface area contributed by atoms with Gasteiger partial charge in [0, 0.05) is 18.3 Å². The highest BCUT2D eigenvalue weighted by atomic mass is 32.1. The number of carbonyl (C=O) groups is 2. The quantitative estimate of drug-likeness (QED) is 0.871. The van der Waals surface area contributed by atoms with Crippen LogP contribution < -0.4 is 10.2 Å². The van der Waals surface area contributed by atoms with Gasteiger partial charge in [0.05, 0.1) is 18.2 Å². The first kappa shape index (κ1) is 18.6. The molecular weight excluding hydrogens is 346 g/mol. The Labute approximate surface area is 158 Å². The van der Waals surface area contributed by atoms with Crippen molar-refractivity contribution in [1.82, 2.24) is 10.3 Å². The Morgan fingerprint density at radius 2 is 2.04 bits per heavy atom. The molecule has 6 heteroatoms. The number of carbonyl (C=O) groups excluding carboxylic acids is 2. The molecule has 0 saturated carbocycles. The summed E-state index contributed by atoms with van der Waals surface area (Å²) in [6.07, 6.45) is 1.68. The van der Waals surface area contributed by atoms with E-state index in [9.17, 15) is 9.59 Å². The standard InChI is InChI=1S/C20H25N3O2S/c1-20(2,3)18(14-8-5-4-6-9-14)22-16(24)12-15-13-26-19(21-15)23-11-7-10-17(23)25/h4-6,8-9,13,18H,7,10-12H2,1-3H3,(H,22,24). The predicted octanol–water partition coefficient (Wildman–Crippen LogP) is 3.72. The van der Waals surface area contributed by atoms with Gasteiger partial charge in [-0.3, -0.25) is 14.5 Å². The summed E-state index contributed by atoms with van der Waals surface area (Å²) in [6, 6.07) is 9.95. The average molecular weight is 372 g/mol. The summed E-state index contributed by atoms with van der Waals surface area (Å²) in [5, 5.41) is 5.72. The molecule has 138 valence electrons. The van der Waals surface area contributed by atoms with Gasteiger partial charge in [-0.1, -0.05) is 51.1 Å². The molecule has 1 fully saturated rings. The van der Waals surface area contributed by atoms with E-state index in [1.165, 1.54) is 11.3 Å². The number of benzene rings is 1. The molecule has 2 aromatic rings. The highest BCUT2D eigenvalue weighted by Gasteiger charge is 2.28. The van der Waals surface area contributed by atoms with E-state index in [0.29, 0.717) is 17.2 Å². The van der Waals surface area contributed by atoms with Crippen LogP contribution in [-0.2, 0) is 16.0 Å². The number of hydrogen-bond acceptors (Lipinski definition) is 4. The Balaban J connectivity index is 1.67. The summed E-state index contributed by atoms with van der Waals surface area (Å²) < 4.78 is 0. The van der Waals surface area contributed by atoms with Gasteiger partial charge < -0.3 is 5.32 Å². The molecule has 26 heavy (non-hydrogen) atoms. The van der Waals surface area contributed by atoms with E-state index in [-0.39, 0.29) is 29.7 Å². The highest BCUT2D eigenvalue weighted by molar-refractivity contribution is 7.14. The zero-order chi connectivity index (χ0) is 18.7. The van der Waals surface area contributed by atoms with Crippen LogP contribution in [0.15, 0.2) is 35.7 Å². The van der Waals surface area contributed by atoms with Gasteiger partial charge in [-0.25, -0.2) is 4.98 Å². The Hall–Kier alpha value is -2.21. The van der Waals surface area contributed by atoms with Crippen molar-refractivity contribution in [3.63, 3.8) is 0 Å². The van der Waals surface area contributed by atoms with Crippen LogP contribution in [-0.4, -0.2) is 23.3 Å². The molecule has 0 aliphatic carbocycles. The smallest absolute Gasteiger partial charge is 0.228 e. The number of hydrogen-bond donors (Lipinski definition) is 1. The van der Waals surface area contributed by atoms with E-state index in [1.54, 1.807) is 4.90 Å². The number of nitrogens with zero attached hydrogens (tertiary/aromatic N) is 2. The number of aromatic nitrogens is 1. The van der Waals surface area contributed by atoms with Crippen LogP contribution in [0.4, 0.5) is 5.13 Å². The van der Waals surface area contributed by atoms with Crippen LogP contribution in [0.1, 0.15) is 50.9 Å². The first-order valence-electron chi connectivity index (χ1n) is 8.93. The Kier molecular flexibility index (Phi) is 5.41. The van der Waals surface area contributed by atoms with Crippen LogP contribution in [0, 0.1) is 5.41 Å². The van der Waals surface area contributed by atoms with Crippen molar-refractivity contribution < 1.29 is 9.59 Å². The molecule has 1 aliphatic heterocycles. The van der Waals surface area contributed by atoms with Crippen LogP contribution in [0.2, 0.25) is 0 Å². The largest absolute Gasteiger partial charge is 0.348 e. The third-order valence-electron chi connectivity index (χ3n) is 4.49. The first-order chi connectivity index (χ1) is 12.3. The molecular formula is C20H25N3O2S. The number of anilines is 1. The molecule has 2 heterocycles. The molecule has 1 unspecified atom stereocenters. The second-order valence-corrected chi connectivity index (χ2v) is 8.56. The van der Waals surface area contributed by atoms with Crippen molar-refractivity contribution >= 4 is 28.3 Å². The van der Waals surface area contributed by atoms with E-state index in [0.717, 1.165) is 18.5 Å². The van der Waals surface area contributed by atoms with Crippen molar-refractivity contribution in [2.75, 3.05) is 11.4 Å². The SMILES string of the molecule is CC(C)(C)C(NC(=O)Cc1csc(N2CCCC2=O)n1)c1ccccc1. The monoisotopic (exact) mass is 371 g/mol. The van der Waals surface area contributed by atoms with E-state index < -0.39 is 0 Å². The molecule has 0 bridgehead atoms. The molecule has 5 nitrogen and oxygen atoms in total. The maximum Gasteiger partial charge on any atom is 0.228 e. The zero-order valence-electron chi connectivity index (χ0n) is 15.5. The minimum atomic E-state index is -0.105. The normalized spacial score (nSPS) is 16.0. The topological polar surface area (TPSA) is 62.3 Å². The van der Waals surface area contributed by atoms with E-state index in [1.807, 2.05) is 35.7 Å². The van der Waals surface area contributed by atoms with Gasteiger partial charge in [0.15, 0.2) is 5.13 Å². The first-order valence-corrected chi connectivity index (χ1v) is 9.81. The minimum Gasteiger partial charge on any atom is -0.348 e. The Morgan fingerprint density at radius 3 is 2.65 bits per heavy atom. The average Bonchev–Trinajstić information content (AvgIpc) is 3.21. The molecule has 1 aliphatic rings. The summed E-state index contributed by atoms with van der Waals surface area (Å²) >= 11 is 1.43. The second kappa shape index (κ2) is 7.58. The van der Waals surface area contributed by atoms with Gasteiger partial charge in [-0.15, -0.1) is 11.3 Å². The van der Waals surface area contributed by atoms with Crippen molar-refractivity contribution in [2.45, 2.75) is 46.1 Å². The van der Waals surface area contributed by atoms with Crippen LogP contribution >= 0.6 is 11.3 Å². The van der Waals surface area contributed by atoms with E-state index >= 15 is 0 Å². The second-order valence-electron chi connectivity index (χ2n) is 7.72. The fourth-order valence-corrected chi connectivity index (χ4v) is 4.04. The maximum absolute atomic E-state index is 12.6. The van der Waals surface area contributed by atoms with Gasteiger partial charge in [0.2, 0.25) is 11.8 Å². The van der Waals surface area contributed by atoms with Crippen LogP contribution in [0.25, 0.3) is 0 Å². The fraction of sp³-hybridized carbons (Fsp3) is 0.450. The third-order valence-corrected chi connectivity index (χ3v) is 5.40. The van der Waals surface area contributed by atoms with Crippen molar-refractivity contribution in [2.24, 2.45) is 5.41 Å². The van der Waals surface area contributed by atoms with Gasteiger partial charge >= 0.3 is 0 Å². The molecule has 3 rings (SSSR count). The van der Waals surface area contributed by atoms with E-state index in [4.69, 9.17) is 0 Å². The van der Waals surface area contributed by atoms with Crippen molar-refractivity contribution in [3.05, 3.63) is 47.0 Å². The Morgan fingerprint density at radius 1 is 1.31 bits per heavy atom. The number of amides is 2. The van der Waals surface area contributed by atoms with Gasteiger partial charge in [0.1, 0.15) is 0 Å². The summed E-state index contributed by atoms with van der Waals surface area (Å²) in [4.78, 5) is 30.6. The predicted molar refractivity (Wildman–Crippen MR) is 104 cm³/mol. The lowest BCUT2D eigenvalue weighted by Crippen LogP contribution is -2.37. The Bertz CT molecular complexity index is 780. The molecule has 1 aromatic heterocycles. The van der Waals surface area contributed by atoms with Gasteiger partial charge in [-0.2, -0.15) is 0 Å². The number of thiazole rings is 1. The summed E-state index contributed by atoms with van der Waals surface area (Å²) in [5.41, 5.74) is 1.70. The summed E-state index contributed by atoms with van der Waals surface area (Å²) in [5.74, 6) is 0.0607. The third kappa shape index (κ3) is 4.30. The number of rotatable bonds is 5. The molecule has 2 amide bonds. The molecule has 1 saturated heterocycles. The number of nitrogens with one attached hydrogen (secondary N) is 1. The van der Waals surface area contributed by atoms with Crippen molar-refractivity contribution in [3.8, 4) is 0 Å². The van der Waals surface area contributed by atoms with Crippen LogP contribution in [0.5, 0.6) is 0 Å².